The molecule has 1 fully saturated rings. The van der Waals surface area contributed by atoms with Crippen molar-refractivity contribution < 1.29 is 17.9 Å². The highest BCUT2D eigenvalue weighted by Gasteiger charge is 2.29. The minimum atomic E-state index is -3.01. The molecule has 0 radical (unpaired) electrons. The van der Waals surface area contributed by atoms with Gasteiger partial charge in [0.2, 0.25) is 5.88 Å². The fourth-order valence-corrected chi connectivity index (χ4v) is 3.53. The first-order chi connectivity index (χ1) is 9.00. The lowest BCUT2D eigenvalue weighted by atomic mass is 10.2. The molecule has 0 bridgehead atoms. The molecule has 1 saturated heterocycles. The third-order valence-corrected chi connectivity index (χ3v) is 4.50. The lowest BCUT2D eigenvalue weighted by Crippen LogP contribution is -2.36. The lowest BCUT2D eigenvalue weighted by molar-refractivity contribution is 0.0935. The van der Waals surface area contributed by atoms with E-state index in [1.54, 1.807) is 0 Å². The van der Waals surface area contributed by atoms with Crippen molar-refractivity contribution in [2.75, 3.05) is 18.1 Å². The van der Waals surface area contributed by atoms with Crippen molar-refractivity contribution in [3.63, 3.8) is 0 Å². The average Bonchev–Trinajstić information content (AvgIpc) is 2.69. The van der Waals surface area contributed by atoms with Crippen LogP contribution in [0.25, 0.3) is 0 Å². The highest BCUT2D eigenvalue weighted by molar-refractivity contribution is 7.91. The van der Waals surface area contributed by atoms with Crippen LogP contribution in [0, 0.1) is 0 Å². The molecule has 1 aliphatic rings. The number of rotatable bonds is 4. The molecule has 0 unspecified atom stereocenters. The van der Waals surface area contributed by atoms with Gasteiger partial charge in [0.15, 0.2) is 9.84 Å². The first-order valence-electron chi connectivity index (χ1n) is 5.96. The number of hydrogen-bond donors (Lipinski definition) is 1. The molecule has 0 aliphatic carbocycles. The van der Waals surface area contributed by atoms with Gasteiger partial charge in [-0.05, 0) is 13.3 Å². The van der Waals surface area contributed by atoms with E-state index in [2.05, 4.69) is 15.3 Å². The van der Waals surface area contributed by atoms with Crippen molar-refractivity contribution in [2.45, 2.75) is 19.4 Å². The van der Waals surface area contributed by atoms with Crippen molar-refractivity contribution in [3.8, 4) is 5.88 Å². The summed E-state index contributed by atoms with van der Waals surface area (Å²) < 4.78 is 27.8. The van der Waals surface area contributed by atoms with Crippen molar-refractivity contribution in [2.24, 2.45) is 0 Å². The molecule has 19 heavy (non-hydrogen) atoms. The van der Waals surface area contributed by atoms with Crippen LogP contribution in [0.15, 0.2) is 12.4 Å². The van der Waals surface area contributed by atoms with E-state index < -0.39 is 15.7 Å². The van der Waals surface area contributed by atoms with Gasteiger partial charge in [0.05, 0.1) is 18.1 Å². The van der Waals surface area contributed by atoms with E-state index in [0.29, 0.717) is 18.9 Å². The average molecular weight is 285 g/mol. The number of nitrogens with zero attached hydrogens (tertiary/aromatic N) is 2. The largest absolute Gasteiger partial charge is 0.478 e. The number of sulfone groups is 1. The molecule has 0 aromatic carbocycles. The van der Waals surface area contributed by atoms with E-state index in [1.165, 1.54) is 12.4 Å². The molecule has 1 aliphatic heterocycles. The van der Waals surface area contributed by atoms with Crippen LogP contribution in [0.1, 0.15) is 23.8 Å². The van der Waals surface area contributed by atoms with Crippen LogP contribution in [0.3, 0.4) is 0 Å². The standard InChI is InChI=1S/C11H15N3O4S/c1-2-18-10-5-9(12-7-13-10)11(15)14-8-3-4-19(16,17)6-8/h5,7-8H,2-4,6H2,1H3,(H,14,15)/t8-/m1/s1. The maximum Gasteiger partial charge on any atom is 0.270 e. The first-order valence-corrected chi connectivity index (χ1v) is 7.78. The van der Waals surface area contributed by atoms with Gasteiger partial charge in [-0.25, -0.2) is 18.4 Å². The monoisotopic (exact) mass is 285 g/mol. The highest BCUT2D eigenvalue weighted by Crippen LogP contribution is 2.12. The molecular formula is C11H15N3O4S. The van der Waals surface area contributed by atoms with E-state index in [1.807, 2.05) is 6.92 Å². The molecule has 2 rings (SSSR count). The summed E-state index contributed by atoms with van der Waals surface area (Å²) in [5.41, 5.74) is 0.169. The molecule has 0 saturated carbocycles. The van der Waals surface area contributed by atoms with Crippen LogP contribution in [0.4, 0.5) is 0 Å². The molecule has 0 spiro atoms. The number of nitrogens with one attached hydrogen (secondary N) is 1. The SMILES string of the molecule is CCOc1cc(C(=O)N[C@@H]2CCS(=O)(=O)C2)ncn1. The van der Waals surface area contributed by atoms with Crippen LogP contribution >= 0.6 is 0 Å². The summed E-state index contributed by atoms with van der Waals surface area (Å²) in [6.07, 6.45) is 1.68. The van der Waals surface area contributed by atoms with E-state index in [-0.39, 0.29) is 23.2 Å². The number of aromatic nitrogens is 2. The second kappa shape index (κ2) is 5.52. The van der Waals surface area contributed by atoms with E-state index in [0.717, 1.165) is 0 Å². The summed E-state index contributed by atoms with van der Waals surface area (Å²) >= 11 is 0. The maximum atomic E-state index is 11.9. The zero-order valence-electron chi connectivity index (χ0n) is 10.5. The Morgan fingerprint density at radius 3 is 2.95 bits per heavy atom. The van der Waals surface area contributed by atoms with Gasteiger partial charge in [-0.2, -0.15) is 0 Å². The number of hydrogen-bond acceptors (Lipinski definition) is 6. The summed E-state index contributed by atoms with van der Waals surface area (Å²) in [6, 6.07) is 1.09. The number of carbonyl (C=O) groups excluding carboxylic acids is 1. The van der Waals surface area contributed by atoms with Gasteiger partial charge >= 0.3 is 0 Å². The van der Waals surface area contributed by atoms with Crippen LogP contribution in [-0.4, -0.2) is 48.4 Å². The van der Waals surface area contributed by atoms with Crippen molar-refractivity contribution >= 4 is 15.7 Å². The van der Waals surface area contributed by atoms with Crippen LogP contribution in [-0.2, 0) is 9.84 Å². The molecule has 8 heteroatoms. The van der Waals surface area contributed by atoms with Crippen molar-refractivity contribution in [3.05, 3.63) is 18.1 Å². The number of amides is 1. The molecular weight excluding hydrogens is 270 g/mol. The quantitative estimate of drug-likeness (QED) is 0.822. The summed E-state index contributed by atoms with van der Waals surface area (Å²) in [5.74, 6) is 0.0146. The molecule has 7 nitrogen and oxygen atoms in total. The minimum absolute atomic E-state index is 0.0118. The Kier molecular flexibility index (Phi) is 3.98. The molecule has 104 valence electrons. The van der Waals surface area contributed by atoms with Crippen molar-refractivity contribution in [1.82, 2.24) is 15.3 Å². The topological polar surface area (TPSA) is 98.2 Å². The fourth-order valence-electron chi connectivity index (χ4n) is 1.86. The summed E-state index contributed by atoms with van der Waals surface area (Å²) in [5, 5.41) is 2.66. The smallest absolute Gasteiger partial charge is 0.270 e. The molecule has 1 atom stereocenters. The highest BCUT2D eigenvalue weighted by atomic mass is 32.2. The number of carbonyl (C=O) groups is 1. The summed E-state index contributed by atoms with van der Waals surface area (Å²) in [7, 11) is -3.01. The Hall–Kier alpha value is -1.70. The Morgan fingerprint density at radius 2 is 2.32 bits per heavy atom. The Labute approximate surface area is 111 Å². The minimum Gasteiger partial charge on any atom is -0.478 e. The molecule has 2 heterocycles. The normalized spacial score (nSPS) is 21.0. The molecule has 1 amide bonds. The van der Waals surface area contributed by atoms with Crippen LogP contribution in [0.2, 0.25) is 0 Å². The maximum absolute atomic E-state index is 11.9. The number of ether oxygens (including phenoxy) is 1. The zero-order valence-corrected chi connectivity index (χ0v) is 11.3. The van der Waals surface area contributed by atoms with Crippen LogP contribution in [0.5, 0.6) is 5.88 Å². The molecule has 1 aromatic heterocycles. The Morgan fingerprint density at radius 1 is 1.53 bits per heavy atom. The van der Waals surface area contributed by atoms with Crippen LogP contribution < -0.4 is 10.1 Å². The predicted molar refractivity (Wildman–Crippen MR) is 67.7 cm³/mol. The van der Waals surface area contributed by atoms with E-state index >= 15 is 0 Å². The van der Waals surface area contributed by atoms with E-state index in [4.69, 9.17) is 4.74 Å². The predicted octanol–water partition coefficient (Wildman–Crippen LogP) is -0.208. The Balaban J connectivity index is 2.02. The second-order valence-electron chi connectivity index (χ2n) is 4.25. The third kappa shape index (κ3) is 3.63. The van der Waals surface area contributed by atoms with Gasteiger partial charge in [-0.15, -0.1) is 0 Å². The van der Waals surface area contributed by atoms with Gasteiger partial charge in [0.1, 0.15) is 12.0 Å². The lowest BCUT2D eigenvalue weighted by Gasteiger charge is -2.10. The zero-order chi connectivity index (χ0) is 13.9. The second-order valence-corrected chi connectivity index (χ2v) is 6.48. The molecule has 1 N–H and O–H groups in total. The van der Waals surface area contributed by atoms with Gasteiger partial charge in [-0.3, -0.25) is 4.79 Å². The van der Waals surface area contributed by atoms with Gasteiger partial charge in [-0.1, -0.05) is 0 Å². The van der Waals surface area contributed by atoms with Gasteiger partial charge < -0.3 is 10.1 Å². The fraction of sp³-hybridized carbons (Fsp3) is 0.545. The van der Waals surface area contributed by atoms with Gasteiger partial charge in [0, 0.05) is 12.1 Å². The van der Waals surface area contributed by atoms with Gasteiger partial charge in [0.25, 0.3) is 5.91 Å². The third-order valence-electron chi connectivity index (χ3n) is 2.73. The first kappa shape index (κ1) is 13.7. The van der Waals surface area contributed by atoms with Crippen molar-refractivity contribution in [1.29, 1.82) is 0 Å². The molecule has 1 aromatic rings. The summed E-state index contributed by atoms with van der Waals surface area (Å²) in [6.45, 7) is 2.25. The van der Waals surface area contributed by atoms with E-state index in [9.17, 15) is 13.2 Å². The summed E-state index contributed by atoms with van der Waals surface area (Å²) in [4.78, 5) is 19.6. The Bertz CT molecular complexity index is 573.